The Kier molecular flexibility index (Phi) is 7.50. The highest BCUT2D eigenvalue weighted by atomic mass is 16.5. The van der Waals surface area contributed by atoms with Crippen LogP contribution in [-0.2, 0) is 19.1 Å². The van der Waals surface area contributed by atoms with Gasteiger partial charge in [-0.05, 0) is 43.5 Å². The zero-order valence-electron chi connectivity index (χ0n) is 14.1. The highest BCUT2D eigenvalue weighted by molar-refractivity contribution is 6.09. The smallest absolute Gasteiger partial charge is 0.306 e. The summed E-state index contributed by atoms with van der Waals surface area (Å²) in [6, 6.07) is 5.10. The van der Waals surface area contributed by atoms with Crippen LogP contribution in [0.1, 0.15) is 25.3 Å². The minimum Gasteiger partial charge on any atom is -0.497 e. The van der Waals surface area contributed by atoms with Gasteiger partial charge in [0.2, 0.25) is 0 Å². The molecular formula is C18H21NO5. The van der Waals surface area contributed by atoms with Crippen LogP contribution in [0.5, 0.6) is 5.75 Å². The van der Waals surface area contributed by atoms with Gasteiger partial charge in [0.15, 0.2) is 5.78 Å². The minimum absolute atomic E-state index is 0.0115. The second-order valence-corrected chi connectivity index (χ2v) is 5.03. The van der Waals surface area contributed by atoms with E-state index in [2.05, 4.69) is 0 Å². The summed E-state index contributed by atoms with van der Waals surface area (Å²) in [5, 5.41) is 0. The summed E-state index contributed by atoms with van der Waals surface area (Å²) in [6.45, 7) is 3.55. The van der Waals surface area contributed by atoms with Crippen LogP contribution < -0.4 is 9.64 Å². The number of ketones is 1. The molecule has 0 aliphatic heterocycles. The number of ether oxygens (including phenoxy) is 2. The molecule has 0 spiro atoms. The van der Waals surface area contributed by atoms with E-state index in [4.69, 9.17) is 15.9 Å². The van der Waals surface area contributed by atoms with E-state index in [1.807, 2.05) is 5.92 Å². The third-order valence-corrected chi connectivity index (χ3v) is 3.31. The van der Waals surface area contributed by atoms with Gasteiger partial charge in [0.1, 0.15) is 5.75 Å². The van der Waals surface area contributed by atoms with Gasteiger partial charge in [0.05, 0.1) is 26.7 Å². The Hall–Kier alpha value is -2.81. The average Bonchev–Trinajstić information content (AvgIpc) is 2.57. The summed E-state index contributed by atoms with van der Waals surface area (Å²) < 4.78 is 9.90. The number of anilines is 1. The lowest BCUT2D eigenvalue weighted by Crippen LogP contribution is -2.35. The lowest BCUT2D eigenvalue weighted by atomic mass is 10.1. The number of carbonyl (C=O) groups excluding carboxylic acids is 3. The number of benzene rings is 1. The standard InChI is InChI=1S/C18H21NO5/c1-5-17(21)19(12-14(20)7-10-18(22)24-6-2)16-9-8-15(23-4)11-13(16)3/h1,8-9,11H,6-7,10,12H2,2-4H3. The number of hydrogen-bond donors (Lipinski definition) is 0. The van der Waals surface area contributed by atoms with E-state index in [1.165, 1.54) is 12.0 Å². The average molecular weight is 331 g/mol. The fraction of sp³-hybridized carbons (Fsp3) is 0.389. The van der Waals surface area contributed by atoms with E-state index in [0.29, 0.717) is 11.4 Å². The molecule has 0 aliphatic carbocycles. The Morgan fingerprint density at radius 2 is 1.96 bits per heavy atom. The number of nitrogens with zero attached hydrogens (tertiary/aromatic N) is 1. The summed E-state index contributed by atoms with van der Waals surface area (Å²) in [6.07, 6.45) is 5.17. The van der Waals surface area contributed by atoms with Gasteiger partial charge in [-0.1, -0.05) is 0 Å². The van der Waals surface area contributed by atoms with E-state index in [0.717, 1.165) is 5.56 Å². The molecule has 0 saturated carbocycles. The Balaban J connectivity index is 2.87. The molecule has 1 amide bonds. The van der Waals surface area contributed by atoms with Crippen molar-refractivity contribution in [1.29, 1.82) is 0 Å². The summed E-state index contributed by atoms with van der Waals surface area (Å²) >= 11 is 0. The van der Waals surface area contributed by atoms with Crippen LogP contribution >= 0.6 is 0 Å². The van der Waals surface area contributed by atoms with Gasteiger partial charge >= 0.3 is 11.9 Å². The van der Waals surface area contributed by atoms with Gasteiger partial charge in [-0.25, -0.2) is 0 Å². The third-order valence-electron chi connectivity index (χ3n) is 3.31. The molecule has 0 fully saturated rings. The molecule has 0 aromatic heterocycles. The quantitative estimate of drug-likeness (QED) is 0.537. The molecular weight excluding hydrogens is 310 g/mol. The number of rotatable bonds is 8. The molecule has 6 heteroatoms. The fourth-order valence-electron chi connectivity index (χ4n) is 2.13. The maximum absolute atomic E-state index is 12.1. The number of Topliss-reactive ketones (excluding diaryl/α,β-unsaturated/α-hetero) is 1. The Bertz CT molecular complexity index is 660. The summed E-state index contributed by atoms with van der Waals surface area (Å²) in [4.78, 5) is 36.6. The predicted molar refractivity (Wildman–Crippen MR) is 89.8 cm³/mol. The van der Waals surface area contributed by atoms with Crippen molar-refractivity contribution in [2.24, 2.45) is 0 Å². The van der Waals surface area contributed by atoms with Crippen LogP contribution in [-0.4, -0.2) is 37.9 Å². The minimum atomic E-state index is -0.618. The van der Waals surface area contributed by atoms with Crippen molar-refractivity contribution in [1.82, 2.24) is 0 Å². The summed E-state index contributed by atoms with van der Waals surface area (Å²) in [5.41, 5.74) is 1.28. The first kappa shape index (κ1) is 19.2. The van der Waals surface area contributed by atoms with Gasteiger partial charge < -0.3 is 9.47 Å². The van der Waals surface area contributed by atoms with Crippen molar-refractivity contribution in [3.05, 3.63) is 23.8 Å². The monoisotopic (exact) mass is 331 g/mol. The molecule has 128 valence electrons. The second kappa shape index (κ2) is 9.36. The molecule has 0 atom stereocenters. The van der Waals surface area contributed by atoms with E-state index in [1.54, 1.807) is 32.0 Å². The molecule has 1 rings (SSSR count). The van der Waals surface area contributed by atoms with Gasteiger partial charge in [-0.2, -0.15) is 0 Å². The Morgan fingerprint density at radius 3 is 2.50 bits per heavy atom. The van der Waals surface area contributed by atoms with E-state index in [9.17, 15) is 14.4 Å². The molecule has 0 heterocycles. The van der Waals surface area contributed by atoms with Crippen molar-refractivity contribution in [3.8, 4) is 18.1 Å². The first-order chi connectivity index (χ1) is 11.4. The number of terminal acetylenes is 1. The lowest BCUT2D eigenvalue weighted by Gasteiger charge is -2.22. The van der Waals surface area contributed by atoms with Gasteiger partial charge in [-0.3, -0.25) is 19.3 Å². The topological polar surface area (TPSA) is 72.9 Å². The molecule has 0 N–H and O–H groups in total. The van der Waals surface area contributed by atoms with Crippen LogP contribution in [0.3, 0.4) is 0 Å². The van der Waals surface area contributed by atoms with Gasteiger partial charge in [0, 0.05) is 12.1 Å². The van der Waals surface area contributed by atoms with Crippen LogP contribution in [0.15, 0.2) is 18.2 Å². The van der Waals surface area contributed by atoms with Crippen molar-refractivity contribution in [2.45, 2.75) is 26.7 Å². The van der Waals surface area contributed by atoms with E-state index in [-0.39, 0.29) is 31.8 Å². The van der Waals surface area contributed by atoms with Crippen LogP contribution in [0.25, 0.3) is 0 Å². The molecule has 0 aliphatic rings. The number of aryl methyl sites for hydroxylation is 1. The molecule has 24 heavy (non-hydrogen) atoms. The van der Waals surface area contributed by atoms with Crippen molar-refractivity contribution in [3.63, 3.8) is 0 Å². The molecule has 0 radical (unpaired) electrons. The molecule has 6 nitrogen and oxygen atoms in total. The number of esters is 1. The Morgan fingerprint density at radius 1 is 1.25 bits per heavy atom. The fourth-order valence-corrected chi connectivity index (χ4v) is 2.13. The highest BCUT2D eigenvalue weighted by Gasteiger charge is 2.20. The number of carbonyl (C=O) groups is 3. The van der Waals surface area contributed by atoms with Crippen molar-refractivity contribution in [2.75, 3.05) is 25.2 Å². The number of methoxy groups -OCH3 is 1. The van der Waals surface area contributed by atoms with Crippen molar-refractivity contribution >= 4 is 23.3 Å². The number of hydrogen-bond acceptors (Lipinski definition) is 5. The first-order valence-electron chi connectivity index (χ1n) is 7.53. The largest absolute Gasteiger partial charge is 0.497 e. The molecule has 1 aromatic rings. The van der Waals surface area contributed by atoms with Crippen molar-refractivity contribution < 1.29 is 23.9 Å². The molecule has 1 aromatic carbocycles. The highest BCUT2D eigenvalue weighted by Crippen LogP contribution is 2.25. The summed E-state index contributed by atoms with van der Waals surface area (Å²) in [5.74, 6) is 1.32. The first-order valence-corrected chi connectivity index (χ1v) is 7.53. The van der Waals surface area contributed by atoms with Gasteiger partial charge in [0.25, 0.3) is 0 Å². The van der Waals surface area contributed by atoms with Crippen LogP contribution in [0, 0.1) is 19.3 Å². The lowest BCUT2D eigenvalue weighted by molar-refractivity contribution is -0.144. The van der Waals surface area contributed by atoms with E-state index >= 15 is 0 Å². The zero-order valence-corrected chi connectivity index (χ0v) is 14.1. The number of amides is 1. The molecule has 0 saturated heterocycles. The normalized spacial score (nSPS) is 9.75. The third kappa shape index (κ3) is 5.43. The van der Waals surface area contributed by atoms with Crippen LogP contribution in [0.4, 0.5) is 5.69 Å². The second-order valence-electron chi connectivity index (χ2n) is 5.03. The SMILES string of the molecule is C#CC(=O)N(CC(=O)CCC(=O)OCC)c1ccc(OC)cc1C. The molecule has 0 bridgehead atoms. The maximum Gasteiger partial charge on any atom is 0.306 e. The van der Waals surface area contributed by atoms with Crippen LogP contribution in [0.2, 0.25) is 0 Å². The molecule has 0 unspecified atom stereocenters. The van der Waals surface area contributed by atoms with E-state index < -0.39 is 11.9 Å². The summed E-state index contributed by atoms with van der Waals surface area (Å²) in [7, 11) is 1.54. The Labute approximate surface area is 141 Å². The van der Waals surface area contributed by atoms with Gasteiger partial charge in [-0.15, -0.1) is 6.42 Å². The zero-order chi connectivity index (χ0) is 18.1. The maximum atomic E-state index is 12.1. The predicted octanol–water partition coefficient (Wildman–Crippen LogP) is 1.88.